The topological polar surface area (TPSA) is 36.1 Å². The number of fused-ring (bicyclic) bond motifs is 1. The highest BCUT2D eigenvalue weighted by Gasteiger charge is 2.24. The SMILES string of the molecule is CC1CCCCN1C(=O)CCc1c(-c2ccc(F)cc2)[nH]c2ccc(F)cc12. The Hall–Kier alpha value is -2.69. The Morgan fingerprint density at radius 2 is 1.86 bits per heavy atom. The molecule has 1 aliphatic rings. The van der Waals surface area contributed by atoms with Gasteiger partial charge >= 0.3 is 0 Å². The van der Waals surface area contributed by atoms with Crippen LogP contribution in [0.5, 0.6) is 0 Å². The van der Waals surface area contributed by atoms with Gasteiger partial charge in [-0.2, -0.15) is 0 Å². The molecule has 2 aromatic carbocycles. The molecule has 0 aliphatic carbocycles. The van der Waals surface area contributed by atoms with Crippen molar-refractivity contribution in [2.75, 3.05) is 6.54 Å². The average Bonchev–Trinajstić information content (AvgIpc) is 3.04. The van der Waals surface area contributed by atoms with Gasteiger partial charge in [0, 0.05) is 35.6 Å². The molecular formula is C23H24F2N2O. The average molecular weight is 382 g/mol. The number of hydrogen-bond acceptors (Lipinski definition) is 1. The van der Waals surface area contributed by atoms with Crippen LogP contribution in [0.4, 0.5) is 8.78 Å². The third kappa shape index (κ3) is 3.66. The first kappa shape index (κ1) is 18.7. The Bertz CT molecular complexity index is 994. The van der Waals surface area contributed by atoms with Crippen LogP contribution >= 0.6 is 0 Å². The first-order chi connectivity index (χ1) is 13.5. The van der Waals surface area contributed by atoms with Crippen LogP contribution in [0.2, 0.25) is 0 Å². The van der Waals surface area contributed by atoms with E-state index in [-0.39, 0.29) is 23.6 Å². The van der Waals surface area contributed by atoms with Gasteiger partial charge < -0.3 is 9.88 Å². The minimum atomic E-state index is -0.311. The van der Waals surface area contributed by atoms with E-state index >= 15 is 0 Å². The number of nitrogens with zero attached hydrogens (tertiary/aromatic N) is 1. The number of hydrogen-bond donors (Lipinski definition) is 1. The number of carbonyl (C=O) groups is 1. The molecule has 1 fully saturated rings. The Morgan fingerprint density at radius 3 is 2.61 bits per heavy atom. The number of aromatic amines is 1. The van der Waals surface area contributed by atoms with E-state index in [0.29, 0.717) is 12.8 Å². The molecule has 0 radical (unpaired) electrons. The quantitative estimate of drug-likeness (QED) is 0.640. The van der Waals surface area contributed by atoms with Crippen LogP contribution in [0.3, 0.4) is 0 Å². The second-order valence-electron chi connectivity index (χ2n) is 7.61. The van der Waals surface area contributed by atoms with E-state index in [0.717, 1.165) is 47.1 Å². The van der Waals surface area contributed by atoms with Gasteiger partial charge in [-0.05, 0) is 86.2 Å². The third-order valence-electron chi connectivity index (χ3n) is 5.71. The Kier molecular flexibility index (Phi) is 5.16. The lowest BCUT2D eigenvalue weighted by Crippen LogP contribution is -2.42. The van der Waals surface area contributed by atoms with Crippen molar-refractivity contribution in [3.05, 3.63) is 59.7 Å². The standard InChI is InChI=1S/C23H24F2N2O/c1-15-4-2-3-13-27(15)22(28)12-10-19-20-14-18(25)9-11-21(20)26-23(19)16-5-7-17(24)8-6-16/h5-9,11,14-15,26H,2-4,10,12-13H2,1H3. The van der Waals surface area contributed by atoms with Crippen molar-refractivity contribution in [3.8, 4) is 11.3 Å². The van der Waals surface area contributed by atoms with Crippen LogP contribution in [-0.2, 0) is 11.2 Å². The maximum absolute atomic E-state index is 13.9. The van der Waals surface area contributed by atoms with E-state index in [1.807, 2.05) is 4.90 Å². The third-order valence-corrected chi connectivity index (χ3v) is 5.71. The zero-order valence-corrected chi connectivity index (χ0v) is 16.0. The molecule has 2 heterocycles. The van der Waals surface area contributed by atoms with Crippen LogP contribution in [0.25, 0.3) is 22.2 Å². The highest BCUT2D eigenvalue weighted by molar-refractivity contribution is 5.91. The second kappa shape index (κ2) is 7.74. The van der Waals surface area contributed by atoms with Gasteiger partial charge in [0.15, 0.2) is 0 Å². The molecule has 1 N–H and O–H groups in total. The number of H-pyrrole nitrogens is 1. The first-order valence-electron chi connectivity index (χ1n) is 9.88. The fourth-order valence-electron chi connectivity index (χ4n) is 4.19. The monoisotopic (exact) mass is 382 g/mol. The summed E-state index contributed by atoms with van der Waals surface area (Å²) in [5.74, 6) is -0.473. The summed E-state index contributed by atoms with van der Waals surface area (Å²) in [6.45, 7) is 2.91. The molecule has 0 spiro atoms. The lowest BCUT2D eigenvalue weighted by atomic mass is 9.99. The zero-order valence-electron chi connectivity index (χ0n) is 16.0. The number of amides is 1. The van der Waals surface area contributed by atoms with Crippen molar-refractivity contribution in [2.24, 2.45) is 0 Å². The van der Waals surface area contributed by atoms with E-state index in [4.69, 9.17) is 0 Å². The van der Waals surface area contributed by atoms with Crippen LogP contribution in [0.15, 0.2) is 42.5 Å². The Morgan fingerprint density at radius 1 is 1.11 bits per heavy atom. The molecule has 1 atom stereocenters. The molecule has 1 aromatic heterocycles. The van der Waals surface area contributed by atoms with Gasteiger partial charge in [0.1, 0.15) is 11.6 Å². The van der Waals surface area contributed by atoms with Gasteiger partial charge in [-0.25, -0.2) is 8.78 Å². The van der Waals surface area contributed by atoms with Crippen LogP contribution in [0, 0.1) is 11.6 Å². The summed E-state index contributed by atoms with van der Waals surface area (Å²) in [7, 11) is 0. The van der Waals surface area contributed by atoms with E-state index < -0.39 is 0 Å². The van der Waals surface area contributed by atoms with Crippen molar-refractivity contribution < 1.29 is 13.6 Å². The van der Waals surface area contributed by atoms with Crippen LogP contribution in [-0.4, -0.2) is 28.4 Å². The summed E-state index contributed by atoms with van der Waals surface area (Å²) >= 11 is 0. The summed E-state index contributed by atoms with van der Waals surface area (Å²) in [5.41, 5.74) is 3.36. The summed E-state index contributed by atoms with van der Waals surface area (Å²) in [5, 5.41) is 0.777. The molecule has 1 unspecified atom stereocenters. The molecule has 1 saturated heterocycles. The normalized spacial score (nSPS) is 17.2. The Labute approximate surface area is 163 Å². The smallest absolute Gasteiger partial charge is 0.223 e. The maximum Gasteiger partial charge on any atom is 0.223 e. The highest BCUT2D eigenvalue weighted by atomic mass is 19.1. The highest BCUT2D eigenvalue weighted by Crippen LogP contribution is 2.32. The minimum Gasteiger partial charge on any atom is -0.354 e. The molecule has 1 aliphatic heterocycles. The van der Waals surface area contributed by atoms with Gasteiger partial charge in [-0.15, -0.1) is 0 Å². The largest absolute Gasteiger partial charge is 0.354 e. The molecule has 28 heavy (non-hydrogen) atoms. The maximum atomic E-state index is 13.9. The number of likely N-dealkylation sites (tertiary alicyclic amines) is 1. The van der Waals surface area contributed by atoms with Gasteiger partial charge in [-0.1, -0.05) is 0 Å². The predicted molar refractivity (Wildman–Crippen MR) is 107 cm³/mol. The van der Waals surface area contributed by atoms with Crippen molar-refractivity contribution >= 4 is 16.8 Å². The van der Waals surface area contributed by atoms with Gasteiger partial charge in [-0.3, -0.25) is 4.79 Å². The van der Waals surface area contributed by atoms with Gasteiger partial charge in [0.2, 0.25) is 5.91 Å². The van der Waals surface area contributed by atoms with E-state index in [1.165, 1.54) is 30.7 Å². The predicted octanol–water partition coefficient (Wildman–Crippen LogP) is 5.45. The number of aryl methyl sites for hydroxylation is 1. The molecule has 3 nitrogen and oxygen atoms in total. The van der Waals surface area contributed by atoms with Gasteiger partial charge in [0.05, 0.1) is 0 Å². The van der Waals surface area contributed by atoms with Gasteiger partial charge in [0.25, 0.3) is 0 Å². The van der Waals surface area contributed by atoms with Crippen LogP contribution < -0.4 is 0 Å². The van der Waals surface area contributed by atoms with Crippen molar-refractivity contribution in [1.29, 1.82) is 0 Å². The summed E-state index contributed by atoms with van der Waals surface area (Å²) < 4.78 is 27.2. The number of aromatic nitrogens is 1. The number of rotatable bonds is 4. The van der Waals surface area contributed by atoms with Crippen molar-refractivity contribution in [3.63, 3.8) is 0 Å². The number of halogens is 2. The second-order valence-corrected chi connectivity index (χ2v) is 7.61. The molecule has 0 saturated carbocycles. The molecule has 3 aromatic rings. The molecule has 4 rings (SSSR count). The molecule has 1 amide bonds. The Balaban J connectivity index is 1.66. The number of piperidine rings is 1. The lowest BCUT2D eigenvalue weighted by Gasteiger charge is -2.33. The minimum absolute atomic E-state index is 0.142. The van der Waals surface area contributed by atoms with E-state index in [2.05, 4.69) is 11.9 Å². The van der Waals surface area contributed by atoms with E-state index in [1.54, 1.807) is 18.2 Å². The van der Waals surface area contributed by atoms with Crippen molar-refractivity contribution in [2.45, 2.75) is 45.1 Å². The zero-order chi connectivity index (χ0) is 19.7. The number of nitrogens with one attached hydrogen (secondary N) is 1. The van der Waals surface area contributed by atoms with E-state index in [9.17, 15) is 13.6 Å². The number of benzene rings is 2. The number of carbonyl (C=O) groups excluding carboxylic acids is 1. The molecule has 146 valence electrons. The summed E-state index contributed by atoms with van der Waals surface area (Å²) in [6, 6.07) is 11.1. The van der Waals surface area contributed by atoms with Crippen molar-refractivity contribution in [1.82, 2.24) is 9.88 Å². The first-order valence-corrected chi connectivity index (χ1v) is 9.88. The fourth-order valence-corrected chi connectivity index (χ4v) is 4.19. The fraction of sp³-hybridized carbons (Fsp3) is 0.348. The summed E-state index contributed by atoms with van der Waals surface area (Å²) in [4.78, 5) is 18.1. The molecular weight excluding hydrogens is 358 g/mol. The molecule has 5 heteroatoms. The lowest BCUT2D eigenvalue weighted by molar-refractivity contribution is -0.134. The van der Waals surface area contributed by atoms with Crippen LogP contribution in [0.1, 0.15) is 38.2 Å². The molecule has 0 bridgehead atoms. The summed E-state index contributed by atoms with van der Waals surface area (Å²) in [6.07, 6.45) is 4.15.